The van der Waals surface area contributed by atoms with Crippen LogP contribution in [-0.4, -0.2) is 16.1 Å². The monoisotopic (exact) mass is 410 g/mol. The zero-order valence-electron chi connectivity index (χ0n) is 10.1. The van der Waals surface area contributed by atoms with Crippen LogP contribution in [0.3, 0.4) is 0 Å². The van der Waals surface area contributed by atoms with E-state index in [1.807, 2.05) is 35.0 Å². The van der Waals surface area contributed by atoms with E-state index in [0.29, 0.717) is 11.3 Å². The lowest BCUT2D eigenvalue weighted by atomic mass is 10.2. The number of aldehydes is 1. The third kappa shape index (κ3) is 2.39. The second kappa shape index (κ2) is 5.63. The SMILES string of the molecule is O=Cc1cn(-c2ccccc2Br)nc1-c1cscc1Br. The van der Waals surface area contributed by atoms with Gasteiger partial charge >= 0.3 is 0 Å². The molecule has 0 radical (unpaired) electrons. The van der Waals surface area contributed by atoms with Gasteiger partial charge in [-0.25, -0.2) is 4.68 Å². The fourth-order valence-corrected chi connectivity index (χ4v) is 3.83. The normalized spacial score (nSPS) is 10.7. The minimum Gasteiger partial charge on any atom is -0.298 e. The first-order chi connectivity index (χ1) is 9.70. The summed E-state index contributed by atoms with van der Waals surface area (Å²) in [5.41, 5.74) is 3.08. The number of halogens is 2. The van der Waals surface area contributed by atoms with E-state index in [1.165, 1.54) is 0 Å². The number of aromatic nitrogens is 2. The van der Waals surface area contributed by atoms with E-state index in [-0.39, 0.29) is 0 Å². The van der Waals surface area contributed by atoms with E-state index in [9.17, 15) is 4.79 Å². The summed E-state index contributed by atoms with van der Waals surface area (Å²) in [5.74, 6) is 0. The molecule has 0 spiro atoms. The molecule has 0 saturated heterocycles. The molecule has 2 heterocycles. The lowest BCUT2D eigenvalue weighted by Crippen LogP contribution is -1.95. The summed E-state index contributed by atoms with van der Waals surface area (Å²) in [7, 11) is 0. The largest absolute Gasteiger partial charge is 0.298 e. The van der Waals surface area contributed by atoms with Crippen LogP contribution < -0.4 is 0 Å². The number of carbonyl (C=O) groups is 1. The van der Waals surface area contributed by atoms with Gasteiger partial charge < -0.3 is 0 Å². The molecule has 0 aliphatic rings. The predicted octanol–water partition coefficient (Wildman–Crippen LogP) is 4.94. The Labute approximate surface area is 136 Å². The summed E-state index contributed by atoms with van der Waals surface area (Å²) in [6, 6.07) is 7.76. The van der Waals surface area contributed by atoms with Crippen molar-refractivity contribution >= 4 is 49.5 Å². The number of hydrogen-bond donors (Lipinski definition) is 0. The van der Waals surface area contributed by atoms with Gasteiger partial charge in [-0.05, 0) is 44.0 Å². The minimum atomic E-state index is 0.569. The summed E-state index contributed by atoms with van der Waals surface area (Å²) >= 11 is 8.54. The summed E-state index contributed by atoms with van der Waals surface area (Å²) in [6.45, 7) is 0. The number of thiophene rings is 1. The summed E-state index contributed by atoms with van der Waals surface area (Å²) < 4.78 is 3.59. The van der Waals surface area contributed by atoms with Gasteiger partial charge in [0.15, 0.2) is 6.29 Å². The zero-order chi connectivity index (χ0) is 14.1. The highest BCUT2D eigenvalue weighted by Crippen LogP contribution is 2.33. The molecule has 0 amide bonds. The number of rotatable bonds is 3. The van der Waals surface area contributed by atoms with Gasteiger partial charge in [0.25, 0.3) is 0 Å². The molecule has 3 nitrogen and oxygen atoms in total. The van der Waals surface area contributed by atoms with Crippen molar-refractivity contribution in [1.29, 1.82) is 0 Å². The van der Waals surface area contributed by atoms with E-state index < -0.39 is 0 Å². The van der Waals surface area contributed by atoms with Crippen molar-refractivity contribution in [3.05, 3.63) is 55.7 Å². The number of benzene rings is 1. The first-order valence-electron chi connectivity index (χ1n) is 5.72. The maximum atomic E-state index is 11.3. The van der Waals surface area contributed by atoms with Crippen molar-refractivity contribution in [2.75, 3.05) is 0 Å². The number of nitrogens with zero attached hydrogens (tertiary/aromatic N) is 2. The van der Waals surface area contributed by atoms with Crippen LogP contribution in [0.25, 0.3) is 16.9 Å². The van der Waals surface area contributed by atoms with Crippen LogP contribution in [0.2, 0.25) is 0 Å². The molecule has 0 aliphatic heterocycles. The third-order valence-electron chi connectivity index (χ3n) is 2.84. The minimum absolute atomic E-state index is 0.569. The van der Waals surface area contributed by atoms with Crippen LogP contribution >= 0.6 is 43.2 Å². The highest BCUT2D eigenvalue weighted by molar-refractivity contribution is 9.11. The summed E-state index contributed by atoms with van der Waals surface area (Å²) in [4.78, 5) is 11.3. The standard InChI is InChI=1S/C14H8Br2N2OS/c15-11-3-1-2-4-13(11)18-5-9(6-19)14(17-18)10-7-20-8-12(10)16/h1-8H. The van der Waals surface area contributed by atoms with Crippen LogP contribution in [-0.2, 0) is 0 Å². The maximum Gasteiger partial charge on any atom is 0.153 e. The molecule has 1 aromatic carbocycles. The highest BCUT2D eigenvalue weighted by atomic mass is 79.9. The molecule has 3 rings (SSSR count). The number of hydrogen-bond acceptors (Lipinski definition) is 3. The number of para-hydroxylation sites is 1. The topological polar surface area (TPSA) is 34.9 Å². The third-order valence-corrected chi connectivity index (χ3v) is 5.21. The van der Waals surface area contributed by atoms with Gasteiger partial charge in [-0.2, -0.15) is 16.4 Å². The van der Waals surface area contributed by atoms with E-state index in [0.717, 1.165) is 26.5 Å². The molecule has 3 aromatic rings. The van der Waals surface area contributed by atoms with Gasteiger partial charge in [-0.1, -0.05) is 12.1 Å². The second-order valence-corrected chi connectivity index (χ2v) is 6.53. The lowest BCUT2D eigenvalue weighted by Gasteiger charge is -2.03. The van der Waals surface area contributed by atoms with Crippen molar-refractivity contribution in [2.24, 2.45) is 0 Å². The van der Waals surface area contributed by atoms with Gasteiger partial charge in [0.2, 0.25) is 0 Å². The van der Waals surface area contributed by atoms with Crippen LogP contribution in [0.1, 0.15) is 10.4 Å². The molecular formula is C14H8Br2N2OS. The molecule has 0 unspecified atom stereocenters. The quantitative estimate of drug-likeness (QED) is 0.572. The molecule has 0 N–H and O–H groups in total. The van der Waals surface area contributed by atoms with E-state index >= 15 is 0 Å². The van der Waals surface area contributed by atoms with Gasteiger partial charge in [-0.15, -0.1) is 0 Å². The molecule has 100 valence electrons. The van der Waals surface area contributed by atoms with Crippen LogP contribution in [0.15, 0.2) is 50.2 Å². The summed E-state index contributed by atoms with van der Waals surface area (Å²) in [6.07, 6.45) is 2.58. The molecule has 0 aliphatic carbocycles. The van der Waals surface area contributed by atoms with Crippen molar-refractivity contribution in [3.63, 3.8) is 0 Å². The van der Waals surface area contributed by atoms with E-state index in [4.69, 9.17) is 0 Å². The van der Waals surface area contributed by atoms with Crippen molar-refractivity contribution < 1.29 is 4.79 Å². The second-order valence-electron chi connectivity index (χ2n) is 4.08. The smallest absolute Gasteiger partial charge is 0.153 e. The molecule has 2 aromatic heterocycles. The molecule has 0 fully saturated rings. The van der Waals surface area contributed by atoms with Crippen molar-refractivity contribution in [2.45, 2.75) is 0 Å². The number of carbonyl (C=O) groups excluding carboxylic acids is 1. The lowest BCUT2D eigenvalue weighted by molar-refractivity contribution is 0.112. The Balaban J connectivity index is 2.17. The molecule has 0 bridgehead atoms. The predicted molar refractivity (Wildman–Crippen MR) is 87.7 cm³/mol. The van der Waals surface area contributed by atoms with Gasteiger partial charge in [0.05, 0.1) is 11.3 Å². The first-order valence-corrected chi connectivity index (χ1v) is 8.25. The highest BCUT2D eigenvalue weighted by Gasteiger charge is 2.15. The van der Waals surface area contributed by atoms with E-state index in [2.05, 4.69) is 37.0 Å². The van der Waals surface area contributed by atoms with Crippen LogP contribution in [0, 0.1) is 0 Å². The molecule has 0 saturated carbocycles. The zero-order valence-corrected chi connectivity index (χ0v) is 14.1. The Bertz CT molecular complexity index is 779. The molecule has 20 heavy (non-hydrogen) atoms. The Morgan fingerprint density at radius 3 is 2.60 bits per heavy atom. The fraction of sp³-hybridized carbons (Fsp3) is 0. The van der Waals surface area contributed by atoms with Gasteiger partial charge in [0.1, 0.15) is 5.69 Å². The maximum absolute atomic E-state index is 11.3. The fourth-order valence-electron chi connectivity index (χ4n) is 1.89. The summed E-state index contributed by atoms with van der Waals surface area (Å²) in [5, 5.41) is 8.50. The van der Waals surface area contributed by atoms with Crippen LogP contribution in [0.5, 0.6) is 0 Å². The Morgan fingerprint density at radius 1 is 1.15 bits per heavy atom. The van der Waals surface area contributed by atoms with E-state index in [1.54, 1.807) is 22.2 Å². The Kier molecular flexibility index (Phi) is 3.87. The molecule has 6 heteroatoms. The van der Waals surface area contributed by atoms with Crippen LogP contribution in [0.4, 0.5) is 0 Å². The average molecular weight is 412 g/mol. The Morgan fingerprint density at radius 2 is 1.95 bits per heavy atom. The Hall–Kier alpha value is -1.24. The van der Waals surface area contributed by atoms with Gasteiger partial charge in [-0.3, -0.25) is 4.79 Å². The molecular weight excluding hydrogens is 404 g/mol. The van der Waals surface area contributed by atoms with Gasteiger partial charge in [0, 0.05) is 31.5 Å². The molecule has 0 atom stereocenters. The van der Waals surface area contributed by atoms with Crippen molar-refractivity contribution in [1.82, 2.24) is 9.78 Å². The van der Waals surface area contributed by atoms with Crippen molar-refractivity contribution in [3.8, 4) is 16.9 Å². The first kappa shape index (κ1) is 13.7. The average Bonchev–Trinajstić information content (AvgIpc) is 3.04.